The molecule has 0 amide bonds. The molecular weight excluding hydrogens is 270 g/mol. The minimum absolute atomic E-state index is 0.0960. The minimum atomic E-state index is -0.587. The van der Waals surface area contributed by atoms with E-state index in [-0.39, 0.29) is 5.69 Å². The van der Waals surface area contributed by atoms with Crippen LogP contribution in [0.1, 0.15) is 17.2 Å². The smallest absolute Gasteiger partial charge is 0.269 e. The van der Waals surface area contributed by atoms with E-state index in [1.54, 1.807) is 30.6 Å². The Morgan fingerprint density at radius 3 is 2.67 bits per heavy atom. The van der Waals surface area contributed by atoms with Crippen molar-refractivity contribution < 1.29 is 10.0 Å². The van der Waals surface area contributed by atoms with Gasteiger partial charge in [0.2, 0.25) is 0 Å². The van der Waals surface area contributed by atoms with E-state index >= 15 is 0 Å². The van der Waals surface area contributed by atoms with Crippen molar-refractivity contribution >= 4 is 5.69 Å². The molecule has 2 rings (SSSR count). The van der Waals surface area contributed by atoms with Crippen LogP contribution >= 0.6 is 0 Å². The Bertz CT molecular complexity index is 572. The van der Waals surface area contributed by atoms with Crippen molar-refractivity contribution in [2.75, 3.05) is 13.1 Å². The molecule has 1 aromatic carbocycles. The maximum absolute atomic E-state index is 10.5. The summed E-state index contributed by atoms with van der Waals surface area (Å²) in [5.74, 6) is 0. The van der Waals surface area contributed by atoms with Crippen molar-refractivity contribution in [3.8, 4) is 0 Å². The minimum Gasteiger partial charge on any atom is -0.387 e. The van der Waals surface area contributed by atoms with Crippen molar-refractivity contribution in [3.05, 3.63) is 70.0 Å². The molecule has 6 heteroatoms. The van der Waals surface area contributed by atoms with Crippen molar-refractivity contribution in [3.63, 3.8) is 0 Å². The molecule has 2 N–H and O–H groups in total. The Labute approximate surface area is 122 Å². The zero-order chi connectivity index (χ0) is 15.1. The number of pyridine rings is 1. The summed E-state index contributed by atoms with van der Waals surface area (Å²) in [5, 5.41) is 23.6. The number of benzene rings is 1. The van der Waals surface area contributed by atoms with Gasteiger partial charge in [-0.15, -0.1) is 0 Å². The number of nitrogens with zero attached hydrogens (tertiary/aromatic N) is 2. The van der Waals surface area contributed by atoms with Gasteiger partial charge in [0.15, 0.2) is 0 Å². The normalized spacial score (nSPS) is 12.0. The van der Waals surface area contributed by atoms with E-state index in [0.29, 0.717) is 13.1 Å². The van der Waals surface area contributed by atoms with Crippen LogP contribution in [0.5, 0.6) is 0 Å². The Morgan fingerprint density at radius 2 is 2.05 bits per heavy atom. The summed E-state index contributed by atoms with van der Waals surface area (Å²) in [7, 11) is 0. The Balaban J connectivity index is 1.73. The first kappa shape index (κ1) is 15.1. The number of nitro groups is 1. The lowest BCUT2D eigenvalue weighted by Gasteiger charge is -2.11. The first-order valence-electron chi connectivity index (χ1n) is 6.69. The topological polar surface area (TPSA) is 88.3 Å². The van der Waals surface area contributed by atoms with Crippen LogP contribution in [0.25, 0.3) is 0 Å². The fraction of sp³-hybridized carbons (Fsp3) is 0.267. The number of hydrogen-bond donors (Lipinski definition) is 2. The van der Waals surface area contributed by atoms with Gasteiger partial charge < -0.3 is 10.4 Å². The molecule has 0 radical (unpaired) electrons. The molecule has 110 valence electrons. The fourth-order valence-corrected chi connectivity index (χ4v) is 1.95. The van der Waals surface area contributed by atoms with Crippen molar-refractivity contribution in [2.45, 2.75) is 12.5 Å². The van der Waals surface area contributed by atoms with Crippen LogP contribution in [0, 0.1) is 10.1 Å². The Hall–Kier alpha value is -2.31. The molecule has 21 heavy (non-hydrogen) atoms. The number of aliphatic hydroxyl groups is 1. The van der Waals surface area contributed by atoms with Crippen molar-refractivity contribution in [1.82, 2.24) is 10.3 Å². The third-order valence-corrected chi connectivity index (χ3v) is 3.14. The molecular formula is C15H17N3O3. The summed E-state index contributed by atoms with van der Waals surface area (Å²) >= 11 is 0. The van der Waals surface area contributed by atoms with Gasteiger partial charge in [-0.25, -0.2) is 0 Å². The number of nitro benzene ring substituents is 1. The van der Waals surface area contributed by atoms with Crippen molar-refractivity contribution in [2.24, 2.45) is 0 Å². The van der Waals surface area contributed by atoms with Crippen LogP contribution in [0.3, 0.4) is 0 Å². The van der Waals surface area contributed by atoms with E-state index in [1.165, 1.54) is 12.1 Å². The predicted molar refractivity (Wildman–Crippen MR) is 78.9 cm³/mol. The van der Waals surface area contributed by atoms with Gasteiger partial charge in [-0.3, -0.25) is 15.1 Å². The van der Waals surface area contributed by atoms with E-state index in [4.69, 9.17) is 0 Å². The number of hydrogen-bond acceptors (Lipinski definition) is 5. The highest BCUT2D eigenvalue weighted by Crippen LogP contribution is 2.12. The molecule has 2 aromatic rings. The number of nitrogens with one attached hydrogen (secondary N) is 1. The van der Waals surface area contributed by atoms with Crippen LogP contribution in [0.15, 0.2) is 48.8 Å². The molecule has 0 aliphatic rings. The summed E-state index contributed by atoms with van der Waals surface area (Å²) in [6.45, 7) is 1.13. The number of aliphatic hydroxyl groups excluding tert-OH is 1. The molecule has 0 unspecified atom stereocenters. The molecule has 0 saturated heterocycles. The third-order valence-electron chi connectivity index (χ3n) is 3.14. The summed E-state index contributed by atoms with van der Waals surface area (Å²) in [4.78, 5) is 14.1. The zero-order valence-corrected chi connectivity index (χ0v) is 11.5. The summed E-state index contributed by atoms with van der Waals surface area (Å²) in [6.07, 6.45) is 3.47. The molecule has 0 spiro atoms. The molecule has 0 saturated carbocycles. The number of non-ortho nitro benzene ring substituents is 1. The SMILES string of the molecule is O=[N+]([O-])c1ccc(CCNC[C@H](O)c2cccnc2)cc1. The van der Waals surface area contributed by atoms with Gasteiger partial charge in [-0.1, -0.05) is 18.2 Å². The van der Waals surface area contributed by atoms with Gasteiger partial charge in [0.1, 0.15) is 0 Å². The second-order valence-electron chi connectivity index (χ2n) is 4.68. The maximum Gasteiger partial charge on any atom is 0.269 e. The first-order chi connectivity index (χ1) is 10.2. The van der Waals surface area contributed by atoms with Gasteiger partial charge in [-0.05, 0) is 24.6 Å². The van der Waals surface area contributed by atoms with Gasteiger partial charge in [0.25, 0.3) is 5.69 Å². The molecule has 1 heterocycles. The van der Waals surface area contributed by atoms with E-state index < -0.39 is 11.0 Å². The highest BCUT2D eigenvalue weighted by atomic mass is 16.6. The largest absolute Gasteiger partial charge is 0.387 e. The molecule has 0 aliphatic carbocycles. The standard InChI is InChI=1S/C15H17N3O3/c19-15(13-2-1-8-16-10-13)11-17-9-7-12-3-5-14(6-4-12)18(20)21/h1-6,8,10,15,17,19H,7,9,11H2/t15-/m0/s1. The Morgan fingerprint density at radius 1 is 1.29 bits per heavy atom. The summed E-state index contributed by atoms with van der Waals surface area (Å²) in [5.41, 5.74) is 1.89. The van der Waals surface area contributed by atoms with Crippen LogP contribution < -0.4 is 5.32 Å². The van der Waals surface area contributed by atoms with Crippen LogP contribution in [0.2, 0.25) is 0 Å². The molecule has 1 atom stereocenters. The molecule has 6 nitrogen and oxygen atoms in total. The second-order valence-corrected chi connectivity index (χ2v) is 4.68. The first-order valence-corrected chi connectivity index (χ1v) is 6.69. The van der Waals surface area contributed by atoms with Gasteiger partial charge in [-0.2, -0.15) is 0 Å². The van der Waals surface area contributed by atoms with Crippen LogP contribution in [0.4, 0.5) is 5.69 Å². The summed E-state index contributed by atoms with van der Waals surface area (Å²) in [6, 6.07) is 10.1. The molecule has 0 aliphatic heterocycles. The van der Waals surface area contributed by atoms with Crippen LogP contribution in [-0.4, -0.2) is 28.1 Å². The monoisotopic (exact) mass is 287 g/mol. The third kappa shape index (κ3) is 4.62. The number of aromatic nitrogens is 1. The van der Waals surface area contributed by atoms with Gasteiger partial charge in [0, 0.05) is 36.6 Å². The molecule has 0 bridgehead atoms. The zero-order valence-electron chi connectivity index (χ0n) is 11.5. The highest BCUT2D eigenvalue weighted by Gasteiger charge is 2.07. The second kappa shape index (κ2) is 7.47. The van der Waals surface area contributed by atoms with Crippen LogP contribution in [-0.2, 0) is 6.42 Å². The van der Waals surface area contributed by atoms with Crippen molar-refractivity contribution in [1.29, 1.82) is 0 Å². The number of rotatable bonds is 7. The molecule has 0 fully saturated rings. The van der Waals surface area contributed by atoms with Gasteiger partial charge >= 0.3 is 0 Å². The highest BCUT2D eigenvalue weighted by molar-refractivity contribution is 5.32. The van der Waals surface area contributed by atoms with E-state index in [9.17, 15) is 15.2 Å². The lowest BCUT2D eigenvalue weighted by Crippen LogP contribution is -2.23. The molecule has 1 aromatic heterocycles. The summed E-state index contributed by atoms with van der Waals surface area (Å²) < 4.78 is 0. The lowest BCUT2D eigenvalue weighted by atomic mass is 10.1. The average molecular weight is 287 g/mol. The Kier molecular flexibility index (Phi) is 5.36. The van der Waals surface area contributed by atoms with E-state index in [2.05, 4.69) is 10.3 Å². The maximum atomic E-state index is 10.5. The predicted octanol–water partition coefficient (Wildman–Crippen LogP) is 1.86. The van der Waals surface area contributed by atoms with Gasteiger partial charge in [0.05, 0.1) is 11.0 Å². The fourth-order valence-electron chi connectivity index (χ4n) is 1.95. The van der Waals surface area contributed by atoms with E-state index in [0.717, 1.165) is 17.5 Å². The quantitative estimate of drug-likeness (QED) is 0.461. The average Bonchev–Trinajstić information content (AvgIpc) is 2.52. The van der Waals surface area contributed by atoms with E-state index in [1.807, 2.05) is 6.07 Å². The lowest BCUT2D eigenvalue weighted by molar-refractivity contribution is -0.384.